The molecule has 0 aliphatic heterocycles. The molecule has 4 heteroatoms. The summed E-state index contributed by atoms with van der Waals surface area (Å²) in [7, 11) is 0. The predicted octanol–water partition coefficient (Wildman–Crippen LogP) is 3.66. The van der Waals surface area contributed by atoms with Gasteiger partial charge in [-0.05, 0) is 35.6 Å². The van der Waals surface area contributed by atoms with E-state index in [-0.39, 0.29) is 0 Å². The van der Waals surface area contributed by atoms with Gasteiger partial charge < -0.3 is 5.32 Å². The van der Waals surface area contributed by atoms with Crippen LogP contribution in [-0.4, -0.2) is 16.7 Å². The summed E-state index contributed by atoms with van der Waals surface area (Å²) in [5.41, 5.74) is 2.99. The average Bonchev–Trinajstić information content (AvgIpc) is 2.81. The van der Waals surface area contributed by atoms with Gasteiger partial charge in [0.1, 0.15) is 0 Å². The Labute approximate surface area is 118 Å². The summed E-state index contributed by atoms with van der Waals surface area (Å²) in [6.07, 6.45) is 4.69. The van der Waals surface area contributed by atoms with Crippen LogP contribution in [0.4, 0.5) is 0 Å². The van der Waals surface area contributed by atoms with Crippen molar-refractivity contribution in [3.05, 3.63) is 29.3 Å². The smallest absolute Gasteiger partial charge is 0.0794 e. The predicted molar refractivity (Wildman–Crippen MR) is 80.1 cm³/mol. The SMILES string of the molecule is CC(C)C1(CNCc2cn[nH]c2-c2cccs2)CC1. The van der Waals surface area contributed by atoms with E-state index in [4.69, 9.17) is 0 Å². The fourth-order valence-corrected chi connectivity index (χ4v) is 3.40. The van der Waals surface area contributed by atoms with Crippen molar-refractivity contribution in [1.82, 2.24) is 15.5 Å². The molecule has 0 aromatic carbocycles. The minimum absolute atomic E-state index is 0.562. The highest BCUT2D eigenvalue weighted by Crippen LogP contribution is 2.51. The molecule has 2 aromatic rings. The van der Waals surface area contributed by atoms with Crippen molar-refractivity contribution in [1.29, 1.82) is 0 Å². The molecule has 1 aliphatic carbocycles. The van der Waals surface area contributed by atoms with Gasteiger partial charge in [0.25, 0.3) is 0 Å². The first-order chi connectivity index (χ1) is 9.21. The highest BCUT2D eigenvalue weighted by Gasteiger charge is 2.44. The molecule has 3 rings (SSSR count). The fraction of sp³-hybridized carbons (Fsp3) is 0.533. The van der Waals surface area contributed by atoms with Crippen molar-refractivity contribution >= 4 is 11.3 Å². The first-order valence-corrected chi connectivity index (χ1v) is 7.86. The zero-order chi connectivity index (χ0) is 13.3. The van der Waals surface area contributed by atoms with Crippen molar-refractivity contribution < 1.29 is 0 Å². The molecule has 19 heavy (non-hydrogen) atoms. The molecule has 0 bridgehead atoms. The van der Waals surface area contributed by atoms with Gasteiger partial charge in [0.15, 0.2) is 0 Å². The third-order valence-electron chi connectivity index (χ3n) is 4.39. The van der Waals surface area contributed by atoms with E-state index in [2.05, 4.69) is 46.9 Å². The number of nitrogens with zero attached hydrogens (tertiary/aromatic N) is 1. The number of aromatic nitrogens is 2. The highest BCUT2D eigenvalue weighted by atomic mass is 32.1. The Kier molecular flexibility index (Phi) is 3.46. The molecule has 2 N–H and O–H groups in total. The zero-order valence-electron chi connectivity index (χ0n) is 11.6. The van der Waals surface area contributed by atoms with Crippen molar-refractivity contribution in [3.63, 3.8) is 0 Å². The van der Waals surface area contributed by atoms with Crippen molar-refractivity contribution in [2.24, 2.45) is 11.3 Å². The summed E-state index contributed by atoms with van der Waals surface area (Å²) in [6.45, 7) is 6.70. The van der Waals surface area contributed by atoms with Crippen molar-refractivity contribution in [2.75, 3.05) is 6.54 Å². The monoisotopic (exact) mass is 275 g/mol. The van der Waals surface area contributed by atoms with Crippen LogP contribution >= 0.6 is 11.3 Å². The van der Waals surface area contributed by atoms with Gasteiger partial charge in [-0.2, -0.15) is 5.10 Å². The molecule has 0 saturated heterocycles. The molecule has 0 atom stereocenters. The topological polar surface area (TPSA) is 40.7 Å². The van der Waals surface area contributed by atoms with Crippen molar-refractivity contribution in [3.8, 4) is 10.6 Å². The summed E-state index contributed by atoms with van der Waals surface area (Å²) < 4.78 is 0. The van der Waals surface area contributed by atoms with Crippen molar-refractivity contribution in [2.45, 2.75) is 33.2 Å². The van der Waals surface area contributed by atoms with E-state index in [9.17, 15) is 0 Å². The number of H-pyrrole nitrogens is 1. The fourth-order valence-electron chi connectivity index (χ4n) is 2.64. The Hall–Kier alpha value is -1.13. The maximum absolute atomic E-state index is 4.19. The molecular weight excluding hydrogens is 254 g/mol. The van der Waals surface area contributed by atoms with Gasteiger partial charge in [-0.3, -0.25) is 5.10 Å². The Morgan fingerprint density at radius 3 is 2.95 bits per heavy atom. The van der Waals surface area contributed by atoms with E-state index in [1.807, 2.05) is 6.20 Å². The van der Waals surface area contributed by atoms with Crippen LogP contribution in [0.3, 0.4) is 0 Å². The lowest BCUT2D eigenvalue weighted by atomic mass is 9.92. The third kappa shape index (κ3) is 2.60. The molecular formula is C15H21N3S. The number of thiophene rings is 1. The summed E-state index contributed by atoms with van der Waals surface area (Å²) in [5, 5.41) is 13.0. The maximum Gasteiger partial charge on any atom is 0.0794 e. The Morgan fingerprint density at radius 1 is 1.47 bits per heavy atom. The van der Waals surface area contributed by atoms with Gasteiger partial charge in [-0.15, -0.1) is 11.3 Å². The van der Waals surface area contributed by atoms with Gasteiger partial charge >= 0.3 is 0 Å². The van der Waals surface area contributed by atoms with Crippen LogP contribution in [0.2, 0.25) is 0 Å². The number of hydrogen-bond acceptors (Lipinski definition) is 3. The maximum atomic E-state index is 4.19. The summed E-state index contributed by atoms with van der Waals surface area (Å²) >= 11 is 1.75. The molecule has 3 nitrogen and oxygen atoms in total. The molecule has 1 saturated carbocycles. The Morgan fingerprint density at radius 2 is 2.32 bits per heavy atom. The largest absolute Gasteiger partial charge is 0.312 e. The van der Waals surface area contributed by atoms with Crippen LogP contribution < -0.4 is 5.32 Å². The second-order valence-electron chi connectivity index (χ2n) is 5.87. The van der Waals surface area contributed by atoms with Crippen LogP contribution in [0.5, 0.6) is 0 Å². The number of hydrogen-bond donors (Lipinski definition) is 2. The lowest BCUT2D eigenvalue weighted by molar-refractivity contribution is 0.338. The normalized spacial score (nSPS) is 17.0. The molecule has 2 heterocycles. The standard InChI is InChI=1S/C15H21N3S/c1-11(2)15(5-6-15)10-16-8-12-9-17-18-14(12)13-4-3-7-19-13/h3-4,7,9,11,16H,5-6,8,10H2,1-2H3,(H,17,18). The van der Waals surface area contributed by atoms with Gasteiger partial charge in [0, 0.05) is 18.7 Å². The van der Waals surface area contributed by atoms with Crippen LogP contribution in [0.15, 0.2) is 23.7 Å². The molecule has 0 amide bonds. The summed E-state index contributed by atoms with van der Waals surface area (Å²) in [5.74, 6) is 0.779. The molecule has 1 aliphatic rings. The van der Waals surface area contributed by atoms with Gasteiger partial charge in [-0.1, -0.05) is 19.9 Å². The number of nitrogens with one attached hydrogen (secondary N) is 2. The Bertz CT molecular complexity index is 523. The van der Waals surface area contributed by atoms with Crippen LogP contribution in [-0.2, 0) is 6.54 Å². The first-order valence-electron chi connectivity index (χ1n) is 6.98. The second kappa shape index (κ2) is 5.10. The van der Waals surface area contributed by atoms with Crippen LogP contribution in [0.25, 0.3) is 10.6 Å². The molecule has 0 unspecified atom stereocenters. The van der Waals surface area contributed by atoms with E-state index in [0.717, 1.165) is 24.7 Å². The third-order valence-corrected chi connectivity index (χ3v) is 5.28. The first kappa shape index (κ1) is 12.9. The minimum atomic E-state index is 0.562. The molecule has 2 aromatic heterocycles. The quantitative estimate of drug-likeness (QED) is 0.844. The number of aromatic amines is 1. The van der Waals surface area contributed by atoms with E-state index >= 15 is 0 Å². The summed E-state index contributed by atoms with van der Waals surface area (Å²) in [6, 6.07) is 4.22. The van der Waals surface area contributed by atoms with E-state index < -0.39 is 0 Å². The highest BCUT2D eigenvalue weighted by molar-refractivity contribution is 7.13. The second-order valence-corrected chi connectivity index (χ2v) is 6.82. The zero-order valence-corrected chi connectivity index (χ0v) is 12.4. The van der Waals surface area contributed by atoms with E-state index in [0.29, 0.717) is 5.41 Å². The molecule has 0 spiro atoms. The lowest BCUT2D eigenvalue weighted by Crippen LogP contribution is -2.27. The van der Waals surface area contributed by atoms with E-state index in [1.54, 1.807) is 11.3 Å². The molecule has 1 fully saturated rings. The van der Waals surface area contributed by atoms with Gasteiger partial charge in [-0.25, -0.2) is 0 Å². The average molecular weight is 275 g/mol. The summed E-state index contributed by atoms with van der Waals surface area (Å²) in [4.78, 5) is 1.26. The van der Waals surface area contributed by atoms with Gasteiger partial charge in [0.05, 0.1) is 16.8 Å². The van der Waals surface area contributed by atoms with Gasteiger partial charge in [0.2, 0.25) is 0 Å². The van der Waals surface area contributed by atoms with Crippen LogP contribution in [0, 0.1) is 11.3 Å². The molecule has 102 valence electrons. The van der Waals surface area contributed by atoms with Crippen LogP contribution in [0.1, 0.15) is 32.3 Å². The lowest BCUT2D eigenvalue weighted by Gasteiger charge is -2.20. The molecule has 0 radical (unpaired) electrons. The minimum Gasteiger partial charge on any atom is -0.312 e. The Balaban J connectivity index is 1.61. The number of rotatable bonds is 6. The van der Waals surface area contributed by atoms with E-state index in [1.165, 1.54) is 23.3 Å².